The fourth-order valence-electron chi connectivity index (χ4n) is 3.00. The third-order valence-electron chi connectivity index (χ3n) is 5.31. The van der Waals surface area contributed by atoms with E-state index >= 15 is 0 Å². The van der Waals surface area contributed by atoms with Crippen molar-refractivity contribution in [3.05, 3.63) is 17.5 Å². The van der Waals surface area contributed by atoms with Gasteiger partial charge >= 0.3 is 0 Å². The van der Waals surface area contributed by atoms with Gasteiger partial charge in [-0.15, -0.1) is 0 Å². The number of hydrogen-bond acceptors (Lipinski definition) is 3. The molecule has 1 heterocycles. The molecule has 1 aromatic rings. The smallest absolute Gasteiger partial charge is 0.187 e. The number of nitrogens with zero attached hydrogens (tertiary/aromatic N) is 2. The zero-order valence-corrected chi connectivity index (χ0v) is 15.7. The van der Waals surface area contributed by atoms with Crippen molar-refractivity contribution in [2.75, 3.05) is 6.26 Å². The van der Waals surface area contributed by atoms with Crippen LogP contribution in [0.3, 0.4) is 0 Å². The summed E-state index contributed by atoms with van der Waals surface area (Å²) in [6, 6.07) is 0. The minimum atomic E-state index is 0.146. The molecule has 0 bridgehead atoms. The first kappa shape index (κ1) is 18.5. The average molecular weight is 309 g/mol. The van der Waals surface area contributed by atoms with Gasteiger partial charge in [-0.3, -0.25) is 0 Å². The molecule has 0 aromatic carbocycles. The van der Waals surface area contributed by atoms with Crippen molar-refractivity contribution in [2.24, 2.45) is 0 Å². The maximum atomic E-state index is 4.95. The predicted molar refractivity (Wildman–Crippen MR) is 94.3 cm³/mol. The highest BCUT2D eigenvalue weighted by molar-refractivity contribution is 7.98. The van der Waals surface area contributed by atoms with E-state index in [0.29, 0.717) is 0 Å². The molecule has 1 unspecified atom stereocenters. The SMILES string of the molecule is CCCC(C)(CC)c1cnc(SC)nc1C(C)(CC)CC. The number of aromatic nitrogens is 2. The van der Waals surface area contributed by atoms with E-state index in [2.05, 4.69) is 59.0 Å². The number of thioether (sulfide) groups is 1. The second-order valence-corrected chi connectivity index (χ2v) is 7.32. The van der Waals surface area contributed by atoms with Crippen LogP contribution in [0.4, 0.5) is 0 Å². The molecule has 0 aliphatic carbocycles. The first-order chi connectivity index (χ1) is 9.90. The van der Waals surface area contributed by atoms with Gasteiger partial charge in [0, 0.05) is 11.6 Å². The van der Waals surface area contributed by atoms with Gasteiger partial charge in [-0.2, -0.15) is 0 Å². The molecule has 0 aliphatic rings. The lowest BCUT2D eigenvalue weighted by Gasteiger charge is -2.36. The van der Waals surface area contributed by atoms with Crippen LogP contribution in [0.25, 0.3) is 0 Å². The predicted octanol–water partition coefficient (Wildman–Crippen LogP) is 5.74. The Bertz CT molecular complexity index is 455. The van der Waals surface area contributed by atoms with Gasteiger partial charge in [0.2, 0.25) is 0 Å². The highest BCUT2D eigenvalue weighted by Gasteiger charge is 2.35. The van der Waals surface area contributed by atoms with Gasteiger partial charge in [0.1, 0.15) is 0 Å². The Morgan fingerprint density at radius 2 is 1.57 bits per heavy atom. The summed E-state index contributed by atoms with van der Waals surface area (Å²) in [4.78, 5) is 9.54. The monoisotopic (exact) mass is 308 g/mol. The van der Waals surface area contributed by atoms with Crippen molar-refractivity contribution in [3.8, 4) is 0 Å². The standard InChI is InChI=1S/C18H32N2S/c1-8-12-18(6,11-4)14-13-19-16(21-7)20-15(14)17(5,9-2)10-3/h13H,8-12H2,1-7H3. The summed E-state index contributed by atoms with van der Waals surface area (Å²) >= 11 is 1.64. The van der Waals surface area contributed by atoms with Gasteiger partial charge < -0.3 is 0 Å². The van der Waals surface area contributed by atoms with E-state index in [-0.39, 0.29) is 10.8 Å². The number of hydrogen-bond donors (Lipinski definition) is 0. The summed E-state index contributed by atoms with van der Waals surface area (Å²) in [5.74, 6) is 0. The third kappa shape index (κ3) is 3.80. The van der Waals surface area contributed by atoms with Crippen LogP contribution in [0.5, 0.6) is 0 Å². The Hall–Kier alpha value is -0.570. The minimum Gasteiger partial charge on any atom is -0.231 e. The van der Waals surface area contributed by atoms with Gasteiger partial charge in [-0.05, 0) is 42.9 Å². The Balaban J connectivity index is 3.51. The minimum absolute atomic E-state index is 0.146. The largest absolute Gasteiger partial charge is 0.231 e. The molecule has 0 amide bonds. The molecular weight excluding hydrogens is 276 g/mol. The van der Waals surface area contributed by atoms with Gasteiger partial charge in [0.25, 0.3) is 0 Å². The van der Waals surface area contributed by atoms with Crippen molar-refractivity contribution in [1.82, 2.24) is 9.97 Å². The molecule has 0 saturated heterocycles. The molecular formula is C18H32N2S. The van der Waals surface area contributed by atoms with E-state index in [1.165, 1.54) is 24.1 Å². The Morgan fingerprint density at radius 1 is 1.00 bits per heavy atom. The van der Waals surface area contributed by atoms with Gasteiger partial charge in [-0.25, -0.2) is 9.97 Å². The quantitative estimate of drug-likeness (QED) is 0.452. The summed E-state index contributed by atoms with van der Waals surface area (Å²) in [6.07, 6.45) is 9.93. The Kier molecular flexibility index (Phi) is 6.71. The summed E-state index contributed by atoms with van der Waals surface area (Å²) in [5.41, 5.74) is 2.99. The molecule has 0 N–H and O–H groups in total. The normalized spacial score (nSPS) is 15.0. The van der Waals surface area contributed by atoms with Gasteiger partial charge in [-0.1, -0.05) is 59.7 Å². The van der Waals surface area contributed by atoms with E-state index in [4.69, 9.17) is 4.98 Å². The maximum absolute atomic E-state index is 4.95. The van der Waals surface area contributed by atoms with Crippen molar-refractivity contribution in [3.63, 3.8) is 0 Å². The van der Waals surface area contributed by atoms with Crippen molar-refractivity contribution >= 4 is 11.8 Å². The summed E-state index contributed by atoms with van der Waals surface area (Å²) in [6.45, 7) is 13.8. The van der Waals surface area contributed by atoms with E-state index in [1.807, 2.05) is 0 Å². The lowest BCUT2D eigenvalue weighted by Crippen LogP contribution is -2.31. The first-order valence-electron chi connectivity index (χ1n) is 8.32. The molecule has 1 atom stereocenters. The first-order valence-corrected chi connectivity index (χ1v) is 9.55. The topological polar surface area (TPSA) is 25.8 Å². The highest BCUT2D eigenvalue weighted by Crippen LogP contribution is 2.41. The van der Waals surface area contributed by atoms with Gasteiger partial charge in [0.05, 0.1) is 5.69 Å². The molecule has 0 radical (unpaired) electrons. The summed E-state index contributed by atoms with van der Waals surface area (Å²) in [7, 11) is 0. The second kappa shape index (κ2) is 7.62. The van der Waals surface area contributed by atoms with Crippen LogP contribution >= 0.6 is 11.8 Å². The molecule has 3 heteroatoms. The van der Waals surface area contributed by atoms with Crippen LogP contribution in [0.2, 0.25) is 0 Å². The summed E-state index contributed by atoms with van der Waals surface area (Å²) < 4.78 is 0. The zero-order chi connectivity index (χ0) is 16.1. The summed E-state index contributed by atoms with van der Waals surface area (Å²) in [5, 5.41) is 0.900. The van der Waals surface area contributed by atoms with Gasteiger partial charge in [0.15, 0.2) is 5.16 Å². The van der Waals surface area contributed by atoms with Crippen molar-refractivity contribution in [2.45, 2.75) is 89.6 Å². The third-order valence-corrected chi connectivity index (χ3v) is 5.88. The lowest BCUT2D eigenvalue weighted by atomic mass is 9.70. The molecule has 0 spiro atoms. The lowest BCUT2D eigenvalue weighted by molar-refractivity contribution is 0.367. The van der Waals surface area contributed by atoms with E-state index in [1.54, 1.807) is 11.8 Å². The van der Waals surface area contributed by atoms with Crippen LogP contribution in [0, 0.1) is 0 Å². The van der Waals surface area contributed by atoms with E-state index < -0.39 is 0 Å². The molecule has 1 rings (SSSR count). The Labute approximate surface area is 135 Å². The number of rotatable bonds is 8. The zero-order valence-electron chi connectivity index (χ0n) is 14.9. The molecule has 0 fully saturated rings. The second-order valence-electron chi connectivity index (χ2n) is 6.55. The van der Waals surface area contributed by atoms with Crippen LogP contribution < -0.4 is 0 Å². The van der Waals surface area contributed by atoms with Crippen LogP contribution in [-0.2, 0) is 10.8 Å². The molecule has 2 nitrogen and oxygen atoms in total. The Morgan fingerprint density at radius 3 is 2.00 bits per heavy atom. The maximum Gasteiger partial charge on any atom is 0.187 e. The molecule has 0 saturated carbocycles. The van der Waals surface area contributed by atoms with E-state index in [9.17, 15) is 0 Å². The molecule has 21 heavy (non-hydrogen) atoms. The fraction of sp³-hybridized carbons (Fsp3) is 0.778. The molecule has 0 aliphatic heterocycles. The van der Waals surface area contributed by atoms with Crippen LogP contribution in [0.1, 0.15) is 84.9 Å². The fourth-order valence-corrected chi connectivity index (χ4v) is 3.35. The van der Waals surface area contributed by atoms with E-state index in [0.717, 1.165) is 24.4 Å². The molecule has 120 valence electrons. The van der Waals surface area contributed by atoms with Crippen molar-refractivity contribution in [1.29, 1.82) is 0 Å². The molecule has 1 aromatic heterocycles. The van der Waals surface area contributed by atoms with Crippen LogP contribution in [0.15, 0.2) is 11.4 Å². The van der Waals surface area contributed by atoms with Crippen molar-refractivity contribution < 1.29 is 0 Å². The van der Waals surface area contributed by atoms with Crippen LogP contribution in [-0.4, -0.2) is 16.2 Å². The average Bonchev–Trinajstić information content (AvgIpc) is 2.53. The highest BCUT2D eigenvalue weighted by atomic mass is 32.2.